The molecule has 2 heteroatoms. The molecule has 0 heterocycles. The highest BCUT2D eigenvalue weighted by molar-refractivity contribution is 6.51. The van der Waals surface area contributed by atoms with Crippen LogP contribution < -0.4 is 0 Å². The Labute approximate surface area is 72.9 Å². The molecular formula is C9H22OSi. The summed E-state index contributed by atoms with van der Waals surface area (Å²) in [5.74, 6) is 0.823. The summed E-state index contributed by atoms with van der Waals surface area (Å²) in [6.45, 7) is 6.81. The SMILES string of the molecule is CCCC[SiH](CC(C)C)OC. The van der Waals surface area contributed by atoms with E-state index in [4.69, 9.17) is 4.43 Å². The average molecular weight is 174 g/mol. The quantitative estimate of drug-likeness (QED) is 0.563. The van der Waals surface area contributed by atoms with Gasteiger partial charge in [-0.25, -0.2) is 0 Å². The summed E-state index contributed by atoms with van der Waals surface area (Å²) in [5, 5.41) is 0. The zero-order valence-corrected chi connectivity index (χ0v) is 9.55. The van der Waals surface area contributed by atoms with Gasteiger partial charge in [-0.3, -0.25) is 0 Å². The summed E-state index contributed by atoms with van der Waals surface area (Å²) in [5.41, 5.74) is 0. The topological polar surface area (TPSA) is 9.23 Å². The Kier molecular flexibility index (Phi) is 6.97. The molecule has 0 bridgehead atoms. The predicted octanol–water partition coefficient (Wildman–Crippen LogP) is 2.81. The Morgan fingerprint density at radius 1 is 1.36 bits per heavy atom. The van der Waals surface area contributed by atoms with E-state index in [1.165, 1.54) is 24.9 Å². The van der Waals surface area contributed by atoms with Gasteiger partial charge in [0.05, 0.1) is 0 Å². The van der Waals surface area contributed by atoms with Gasteiger partial charge in [0.2, 0.25) is 0 Å². The van der Waals surface area contributed by atoms with E-state index >= 15 is 0 Å². The molecule has 0 aliphatic heterocycles. The average Bonchev–Trinajstić information content (AvgIpc) is 1.97. The standard InChI is InChI=1S/C9H22OSi/c1-5-6-7-11(10-4)8-9(2)3/h9,11H,5-8H2,1-4H3. The second-order valence-electron chi connectivity index (χ2n) is 3.63. The van der Waals surface area contributed by atoms with Crippen molar-refractivity contribution < 1.29 is 4.43 Å². The van der Waals surface area contributed by atoms with Crippen LogP contribution in [0.2, 0.25) is 12.1 Å². The largest absolute Gasteiger partial charge is 0.423 e. The lowest BCUT2D eigenvalue weighted by molar-refractivity contribution is 0.408. The first-order valence-corrected chi connectivity index (χ1v) is 6.83. The van der Waals surface area contributed by atoms with E-state index in [1.807, 2.05) is 7.11 Å². The molecule has 0 N–H and O–H groups in total. The van der Waals surface area contributed by atoms with Crippen LogP contribution in [0, 0.1) is 5.92 Å². The number of hydrogen-bond donors (Lipinski definition) is 0. The highest BCUT2D eigenvalue weighted by atomic mass is 28.3. The van der Waals surface area contributed by atoms with E-state index in [1.54, 1.807) is 0 Å². The maximum absolute atomic E-state index is 5.50. The van der Waals surface area contributed by atoms with Gasteiger partial charge in [-0.1, -0.05) is 33.6 Å². The molecule has 0 aromatic heterocycles. The van der Waals surface area contributed by atoms with Crippen molar-refractivity contribution in [2.75, 3.05) is 7.11 Å². The van der Waals surface area contributed by atoms with E-state index in [0.29, 0.717) is 0 Å². The third-order valence-corrected chi connectivity index (χ3v) is 5.13. The van der Waals surface area contributed by atoms with Gasteiger partial charge in [-0.05, 0) is 18.0 Å². The number of hydrogen-bond acceptors (Lipinski definition) is 1. The number of unbranched alkanes of at least 4 members (excludes halogenated alkanes) is 1. The second-order valence-corrected chi connectivity index (χ2v) is 6.39. The van der Waals surface area contributed by atoms with Gasteiger partial charge in [0, 0.05) is 7.11 Å². The van der Waals surface area contributed by atoms with Crippen LogP contribution in [-0.4, -0.2) is 16.2 Å². The fraction of sp³-hybridized carbons (Fsp3) is 1.00. The molecule has 1 nitrogen and oxygen atoms in total. The first kappa shape index (κ1) is 11.2. The third-order valence-electron chi connectivity index (χ3n) is 1.95. The normalized spacial score (nSPS) is 13.9. The lowest BCUT2D eigenvalue weighted by Gasteiger charge is -2.14. The van der Waals surface area contributed by atoms with Crippen molar-refractivity contribution in [3.63, 3.8) is 0 Å². The molecule has 0 radical (unpaired) electrons. The smallest absolute Gasteiger partial charge is 0.176 e. The molecule has 0 aliphatic rings. The Morgan fingerprint density at radius 2 is 2.00 bits per heavy atom. The summed E-state index contributed by atoms with van der Waals surface area (Å²) in [6.07, 6.45) is 2.67. The van der Waals surface area contributed by atoms with Crippen molar-refractivity contribution in [1.29, 1.82) is 0 Å². The first-order valence-electron chi connectivity index (χ1n) is 4.73. The lowest BCUT2D eigenvalue weighted by Crippen LogP contribution is -2.17. The molecule has 0 fully saturated rings. The minimum atomic E-state index is -0.788. The Morgan fingerprint density at radius 3 is 2.36 bits per heavy atom. The minimum absolute atomic E-state index is 0.788. The zero-order valence-electron chi connectivity index (χ0n) is 8.39. The van der Waals surface area contributed by atoms with Gasteiger partial charge in [0.15, 0.2) is 9.04 Å². The highest BCUT2D eigenvalue weighted by Crippen LogP contribution is 2.12. The summed E-state index contributed by atoms with van der Waals surface area (Å²) < 4.78 is 5.50. The minimum Gasteiger partial charge on any atom is -0.423 e. The van der Waals surface area contributed by atoms with Crippen LogP contribution in [0.4, 0.5) is 0 Å². The zero-order chi connectivity index (χ0) is 8.69. The van der Waals surface area contributed by atoms with E-state index in [2.05, 4.69) is 20.8 Å². The van der Waals surface area contributed by atoms with Crippen molar-refractivity contribution >= 4 is 9.04 Å². The van der Waals surface area contributed by atoms with Gasteiger partial charge in [-0.2, -0.15) is 0 Å². The molecule has 0 aliphatic carbocycles. The molecule has 0 aromatic carbocycles. The van der Waals surface area contributed by atoms with Gasteiger partial charge < -0.3 is 4.43 Å². The predicted molar refractivity (Wildman–Crippen MR) is 53.5 cm³/mol. The van der Waals surface area contributed by atoms with Crippen LogP contribution in [0.1, 0.15) is 33.6 Å². The van der Waals surface area contributed by atoms with Gasteiger partial charge in [0.25, 0.3) is 0 Å². The Balaban J connectivity index is 3.41. The van der Waals surface area contributed by atoms with Crippen LogP contribution in [0.15, 0.2) is 0 Å². The molecule has 0 spiro atoms. The molecule has 0 saturated heterocycles. The molecule has 0 amide bonds. The van der Waals surface area contributed by atoms with Crippen LogP contribution in [0.25, 0.3) is 0 Å². The summed E-state index contributed by atoms with van der Waals surface area (Å²) >= 11 is 0. The molecule has 0 rings (SSSR count). The van der Waals surface area contributed by atoms with Crippen molar-refractivity contribution in [2.24, 2.45) is 5.92 Å². The monoisotopic (exact) mass is 174 g/mol. The van der Waals surface area contributed by atoms with Crippen molar-refractivity contribution in [1.82, 2.24) is 0 Å². The Bertz CT molecular complexity index is 83.6. The van der Waals surface area contributed by atoms with Crippen LogP contribution >= 0.6 is 0 Å². The molecule has 1 unspecified atom stereocenters. The Hall–Kier alpha value is 0.177. The maximum atomic E-state index is 5.50. The summed E-state index contributed by atoms with van der Waals surface area (Å²) in [7, 11) is 1.10. The van der Waals surface area contributed by atoms with Gasteiger partial charge in [-0.15, -0.1) is 0 Å². The van der Waals surface area contributed by atoms with Gasteiger partial charge >= 0.3 is 0 Å². The molecule has 1 atom stereocenters. The van der Waals surface area contributed by atoms with Crippen molar-refractivity contribution in [3.8, 4) is 0 Å². The van der Waals surface area contributed by atoms with Crippen molar-refractivity contribution in [3.05, 3.63) is 0 Å². The molecule has 0 aromatic rings. The first-order chi connectivity index (χ1) is 5.20. The van der Waals surface area contributed by atoms with Crippen molar-refractivity contribution in [2.45, 2.75) is 45.7 Å². The van der Waals surface area contributed by atoms with E-state index < -0.39 is 9.04 Å². The molecule has 0 saturated carbocycles. The second kappa shape index (κ2) is 6.86. The summed E-state index contributed by atoms with van der Waals surface area (Å²) in [6, 6.07) is 2.71. The third kappa shape index (κ3) is 6.57. The molecule has 11 heavy (non-hydrogen) atoms. The van der Waals surface area contributed by atoms with E-state index in [0.717, 1.165) is 5.92 Å². The summed E-state index contributed by atoms with van der Waals surface area (Å²) in [4.78, 5) is 0. The van der Waals surface area contributed by atoms with Crippen LogP contribution in [-0.2, 0) is 4.43 Å². The fourth-order valence-electron chi connectivity index (χ4n) is 1.29. The fourth-order valence-corrected chi connectivity index (χ4v) is 3.87. The lowest BCUT2D eigenvalue weighted by atomic mass is 10.3. The van der Waals surface area contributed by atoms with Gasteiger partial charge in [0.1, 0.15) is 0 Å². The highest BCUT2D eigenvalue weighted by Gasteiger charge is 2.10. The maximum Gasteiger partial charge on any atom is 0.176 e. The van der Waals surface area contributed by atoms with E-state index in [-0.39, 0.29) is 0 Å². The van der Waals surface area contributed by atoms with Crippen LogP contribution in [0.5, 0.6) is 0 Å². The van der Waals surface area contributed by atoms with E-state index in [9.17, 15) is 0 Å². The molecular weight excluding hydrogens is 152 g/mol. The molecule has 68 valence electrons. The number of rotatable bonds is 6. The van der Waals surface area contributed by atoms with Crippen LogP contribution in [0.3, 0.4) is 0 Å².